The van der Waals surface area contributed by atoms with Crippen LogP contribution in [0.3, 0.4) is 0 Å². The van der Waals surface area contributed by atoms with Crippen molar-refractivity contribution in [1.29, 1.82) is 0 Å². The van der Waals surface area contributed by atoms with Gasteiger partial charge in [-0.3, -0.25) is 4.79 Å². The van der Waals surface area contributed by atoms with Gasteiger partial charge in [0.15, 0.2) is 5.78 Å². The summed E-state index contributed by atoms with van der Waals surface area (Å²) in [6, 6.07) is 21.4. The molecule has 0 radical (unpaired) electrons. The summed E-state index contributed by atoms with van der Waals surface area (Å²) in [5.41, 5.74) is 1.20. The van der Waals surface area contributed by atoms with Crippen LogP contribution >= 0.6 is 0 Å². The van der Waals surface area contributed by atoms with Gasteiger partial charge >= 0.3 is 5.69 Å². The Morgan fingerprint density at radius 1 is 0.964 bits per heavy atom. The lowest BCUT2D eigenvalue weighted by molar-refractivity contribution is 0.103. The van der Waals surface area contributed by atoms with E-state index in [0.29, 0.717) is 22.6 Å². The van der Waals surface area contributed by atoms with Gasteiger partial charge in [-0.15, -0.1) is 0 Å². The zero-order valence-electron chi connectivity index (χ0n) is 14.7. The van der Waals surface area contributed by atoms with Crippen LogP contribution in [-0.2, 0) is 0 Å². The maximum atomic E-state index is 13.1. The highest BCUT2D eigenvalue weighted by Gasteiger charge is 2.18. The Kier molecular flexibility index (Phi) is 4.76. The molecule has 0 fully saturated rings. The van der Waals surface area contributed by atoms with Crippen LogP contribution < -0.4 is 5.69 Å². The summed E-state index contributed by atoms with van der Waals surface area (Å²) in [5.74, 6) is 0.240. The smallest absolute Gasteiger partial charge is 0.368 e. The van der Waals surface area contributed by atoms with Crippen LogP contribution in [0.5, 0.6) is 0 Å². The molecule has 0 spiro atoms. The Morgan fingerprint density at radius 2 is 1.68 bits per heavy atom. The first-order valence-corrected chi connectivity index (χ1v) is 8.59. The number of ketones is 1. The molecule has 2 aromatic heterocycles. The van der Waals surface area contributed by atoms with Crippen molar-refractivity contribution in [1.82, 2.24) is 9.66 Å². The quantitative estimate of drug-likeness (QED) is 0.398. The molecule has 6 heteroatoms. The molecule has 0 saturated heterocycles. The summed E-state index contributed by atoms with van der Waals surface area (Å²) in [7, 11) is 0. The first-order chi connectivity index (χ1) is 13.7. The topological polar surface area (TPSA) is 77.5 Å². The summed E-state index contributed by atoms with van der Waals surface area (Å²) in [4.78, 5) is 29.7. The normalized spacial score (nSPS) is 11.0. The summed E-state index contributed by atoms with van der Waals surface area (Å²) in [6.45, 7) is 0. The highest BCUT2D eigenvalue weighted by molar-refractivity contribution is 6.12. The van der Waals surface area contributed by atoms with E-state index in [-0.39, 0.29) is 11.3 Å². The number of benzene rings is 2. The Labute approximate surface area is 160 Å². The number of furan rings is 1. The van der Waals surface area contributed by atoms with Crippen LogP contribution in [0.15, 0.2) is 99.6 Å². The van der Waals surface area contributed by atoms with E-state index in [1.165, 1.54) is 18.7 Å². The third kappa shape index (κ3) is 3.57. The predicted octanol–water partition coefficient (Wildman–Crippen LogP) is 3.62. The lowest BCUT2D eigenvalue weighted by atomic mass is 9.99. The fourth-order valence-electron chi connectivity index (χ4n) is 2.74. The molecule has 0 bridgehead atoms. The summed E-state index contributed by atoms with van der Waals surface area (Å²) in [5, 5.41) is 4.09. The molecule has 28 heavy (non-hydrogen) atoms. The largest absolute Gasteiger partial charge is 0.463 e. The van der Waals surface area contributed by atoms with E-state index in [1.807, 2.05) is 24.3 Å². The second kappa shape index (κ2) is 7.67. The summed E-state index contributed by atoms with van der Waals surface area (Å²) < 4.78 is 6.22. The minimum Gasteiger partial charge on any atom is -0.463 e. The number of carbonyl (C=O) groups excluding carboxylic acids is 1. The van der Waals surface area contributed by atoms with Gasteiger partial charge in [-0.2, -0.15) is 14.8 Å². The lowest BCUT2D eigenvalue weighted by Crippen LogP contribution is -2.23. The Balaban J connectivity index is 1.86. The Morgan fingerprint density at radius 3 is 2.36 bits per heavy atom. The molecule has 0 aliphatic heterocycles. The third-order valence-electron chi connectivity index (χ3n) is 4.09. The highest BCUT2D eigenvalue weighted by atomic mass is 16.3. The molecule has 0 N–H and O–H groups in total. The van der Waals surface area contributed by atoms with Crippen molar-refractivity contribution in [3.63, 3.8) is 0 Å². The molecule has 0 atom stereocenters. The van der Waals surface area contributed by atoms with E-state index in [4.69, 9.17) is 4.42 Å². The fourth-order valence-corrected chi connectivity index (χ4v) is 2.74. The van der Waals surface area contributed by atoms with Crippen LogP contribution in [0.1, 0.15) is 21.7 Å². The molecule has 0 aliphatic rings. The molecule has 0 unspecified atom stereocenters. The minimum atomic E-state index is -0.591. The number of hydrogen-bond donors (Lipinski definition) is 0. The van der Waals surface area contributed by atoms with Crippen molar-refractivity contribution in [3.8, 4) is 11.3 Å². The van der Waals surface area contributed by atoms with Gasteiger partial charge in [-0.25, -0.2) is 4.79 Å². The monoisotopic (exact) mass is 369 g/mol. The van der Waals surface area contributed by atoms with Crippen LogP contribution in [0.2, 0.25) is 0 Å². The van der Waals surface area contributed by atoms with Crippen LogP contribution in [0.4, 0.5) is 0 Å². The summed E-state index contributed by atoms with van der Waals surface area (Å²) >= 11 is 0. The van der Waals surface area contributed by atoms with E-state index in [9.17, 15) is 9.59 Å². The molecule has 4 rings (SSSR count). The number of rotatable bonds is 5. The van der Waals surface area contributed by atoms with Gasteiger partial charge < -0.3 is 4.42 Å². The fraction of sp³-hybridized carbons (Fsp3) is 0. The third-order valence-corrected chi connectivity index (χ3v) is 4.09. The van der Waals surface area contributed by atoms with Crippen molar-refractivity contribution < 1.29 is 9.21 Å². The van der Waals surface area contributed by atoms with E-state index in [0.717, 1.165) is 4.68 Å². The van der Waals surface area contributed by atoms with Crippen molar-refractivity contribution >= 4 is 12.0 Å². The van der Waals surface area contributed by atoms with Crippen molar-refractivity contribution in [2.75, 3.05) is 0 Å². The molecular weight excluding hydrogens is 354 g/mol. The van der Waals surface area contributed by atoms with E-state index in [2.05, 4.69) is 10.1 Å². The highest BCUT2D eigenvalue weighted by Crippen LogP contribution is 2.22. The molecule has 0 aliphatic carbocycles. The second-order valence-electron chi connectivity index (χ2n) is 5.95. The van der Waals surface area contributed by atoms with Crippen LogP contribution in [-0.4, -0.2) is 21.7 Å². The van der Waals surface area contributed by atoms with E-state index in [1.54, 1.807) is 48.5 Å². The second-order valence-corrected chi connectivity index (χ2v) is 5.95. The van der Waals surface area contributed by atoms with Gasteiger partial charge in [0.25, 0.3) is 0 Å². The molecule has 136 valence electrons. The molecule has 0 amide bonds. The first-order valence-electron chi connectivity index (χ1n) is 8.59. The van der Waals surface area contributed by atoms with Crippen LogP contribution in [0, 0.1) is 0 Å². The maximum absolute atomic E-state index is 13.1. The first kappa shape index (κ1) is 17.4. The molecule has 2 heterocycles. The summed E-state index contributed by atoms with van der Waals surface area (Å²) in [6.07, 6.45) is 4.31. The molecule has 6 nitrogen and oxygen atoms in total. The maximum Gasteiger partial charge on any atom is 0.368 e. The molecule has 0 saturated carbocycles. The van der Waals surface area contributed by atoms with Gasteiger partial charge in [0, 0.05) is 17.3 Å². The number of nitrogens with zero attached hydrogens (tertiary/aromatic N) is 3. The minimum absolute atomic E-state index is 0.242. The SMILES string of the molecule is O=C(c1ccccc1)c1cn(/N=C/c2ccco2)c(=O)nc1-c1ccccc1. The number of aromatic nitrogens is 2. The number of carbonyl (C=O) groups is 1. The van der Waals surface area contributed by atoms with E-state index >= 15 is 0 Å². The van der Waals surface area contributed by atoms with Gasteiger partial charge in [-0.1, -0.05) is 60.7 Å². The Hall–Kier alpha value is -4.06. The van der Waals surface area contributed by atoms with Gasteiger partial charge in [0.2, 0.25) is 0 Å². The average molecular weight is 369 g/mol. The average Bonchev–Trinajstić information content (AvgIpc) is 3.27. The van der Waals surface area contributed by atoms with E-state index < -0.39 is 5.69 Å². The van der Waals surface area contributed by atoms with Crippen molar-refractivity contribution in [2.24, 2.45) is 5.10 Å². The zero-order chi connectivity index (χ0) is 19.3. The standard InChI is InChI=1S/C22H15N3O3/c26-21(17-10-5-2-6-11-17)19-15-25(23-14-18-12-7-13-28-18)22(27)24-20(19)16-8-3-1-4-9-16/h1-15H/b23-14+. The van der Waals surface area contributed by atoms with Crippen molar-refractivity contribution in [2.45, 2.75) is 0 Å². The van der Waals surface area contributed by atoms with Gasteiger partial charge in [0.05, 0.1) is 23.7 Å². The molecule has 2 aromatic carbocycles. The van der Waals surface area contributed by atoms with Gasteiger partial charge in [-0.05, 0) is 12.1 Å². The predicted molar refractivity (Wildman–Crippen MR) is 106 cm³/mol. The van der Waals surface area contributed by atoms with Gasteiger partial charge in [0.1, 0.15) is 5.76 Å². The molecule has 4 aromatic rings. The Bertz CT molecular complexity index is 1180. The zero-order valence-corrected chi connectivity index (χ0v) is 14.7. The number of hydrogen-bond acceptors (Lipinski definition) is 5. The van der Waals surface area contributed by atoms with Crippen molar-refractivity contribution in [3.05, 3.63) is 113 Å². The lowest BCUT2D eigenvalue weighted by Gasteiger charge is -2.09. The van der Waals surface area contributed by atoms with Crippen LogP contribution in [0.25, 0.3) is 11.3 Å². The molecular formula is C22H15N3O3.